The molecule has 3 nitrogen and oxygen atoms in total. The SMILES string of the molecule is COCCNCC(C)N1CC(C)Cc2ccccc21. The number of benzene rings is 1. The molecule has 0 bridgehead atoms. The molecule has 0 saturated heterocycles. The fourth-order valence-electron chi connectivity index (χ4n) is 2.85. The number of hydrogen-bond donors (Lipinski definition) is 1. The van der Waals surface area contributed by atoms with Crippen molar-refractivity contribution in [3.63, 3.8) is 0 Å². The molecule has 19 heavy (non-hydrogen) atoms. The molecule has 0 amide bonds. The third kappa shape index (κ3) is 3.71. The quantitative estimate of drug-likeness (QED) is 0.796. The van der Waals surface area contributed by atoms with Crippen molar-refractivity contribution < 1.29 is 4.74 Å². The number of para-hydroxylation sites is 1. The predicted molar refractivity (Wildman–Crippen MR) is 80.9 cm³/mol. The van der Waals surface area contributed by atoms with E-state index in [9.17, 15) is 0 Å². The van der Waals surface area contributed by atoms with Gasteiger partial charge in [0, 0.05) is 38.5 Å². The van der Waals surface area contributed by atoms with Gasteiger partial charge in [0.05, 0.1) is 6.61 Å². The molecule has 1 N–H and O–H groups in total. The lowest BCUT2D eigenvalue weighted by Gasteiger charge is -2.39. The normalized spacial score (nSPS) is 20.2. The fraction of sp³-hybridized carbons (Fsp3) is 0.625. The molecule has 0 fully saturated rings. The number of fused-ring (bicyclic) bond motifs is 1. The number of methoxy groups -OCH3 is 1. The van der Waals surface area contributed by atoms with Crippen molar-refractivity contribution in [1.82, 2.24) is 5.32 Å². The summed E-state index contributed by atoms with van der Waals surface area (Å²) in [6, 6.07) is 9.33. The lowest BCUT2D eigenvalue weighted by atomic mass is 9.93. The second-order valence-corrected chi connectivity index (χ2v) is 5.64. The van der Waals surface area contributed by atoms with Crippen LogP contribution in [0, 0.1) is 5.92 Å². The Hall–Kier alpha value is -1.06. The molecule has 1 aromatic carbocycles. The number of nitrogens with one attached hydrogen (secondary N) is 1. The van der Waals surface area contributed by atoms with E-state index < -0.39 is 0 Å². The first-order valence-electron chi connectivity index (χ1n) is 7.26. The van der Waals surface area contributed by atoms with E-state index in [2.05, 4.69) is 48.3 Å². The average Bonchev–Trinajstić information content (AvgIpc) is 2.42. The number of anilines is 1. The van der Waals surface area contributed by atoms with Gasteiger partial charge in [0.1, 0.15) is 0 Å². The van der Waals surface area contributed by atoms with Gasteiger partial charge in [-0.2, -0.15) is 0 Å². The molecule has 1 aromatic rings. The first-order valence-corrected chi connectivity index (χ1v) is 7.26. The molecule has 1 aliphatic heterocycles. The van der Waals surface area contributed by atoms with E-state index in [1.54, 1.807) is 7.11 Å². The minimum absolute atomic E-state index is 0.515. The molecular formula is C16H26N2O. The van der Waals surface area contributed by atoms with Gasteiger partial charge in [-0.05, 0) is 30.9 Å². The molecule has 0 spiro atoms. The van der Waals surface area contributed by atoms with Crippen LogP contribution in [0.1, 0.15) is 19.4 Å². The summed E-state index contributed by atoms with van der Waals surface area (Å²) in [5.74, 6) is 0.733. The smallest absolute Gasteiger partial charge is 0.0587 e. The molecule has 0 saturated carbocycles. The summed E-state index contributed by atoms with van der Waals surface area (Å²) in [4.78, 5) is 2.54. The van der Waals surface area contributed by atoms with Crippen LogP contribution in [0.4, 0.5) is 5.69 Å². The Morgan fingerprint density at radius 1 is 1.42 bits per heavy atom. The van der Waals surface area contributed by atoms with Gasteiger partial charge >= 0.3 is 0 Å². The summed E-state index contributed by atoms with van der Waals surface area (Å²) in [6.45, 7) is 8.50. The summed E-state index contributed by atoms with van der Waals surface area (Å²) in [7, 11) is 1.74. The Morgan fingerprint density at radius 3 is 3.00 bits per heavy atom. The van der Waals surface area contributed by atoms with Crippen molar-refractivity contribution in [2.45, 2.75) is 26.3 Å². The zero-order chi connectivity index (χ0) is 13.7. The maximum Gasteiger partial charge on any atom is 0.0587 e. The third-order valence-electron chi connectivity index (χ3n) is 3.83. The molecule has 2 atom stereocenters. The van der Waals surface area contributed by atoms with Crippen molar-refractivity contribution in [2.75, 3.05) is 38.3 Å². The van der Waals surface area contributed by atoms with Crippen LogP contribution in [-0.2, 0) is 11.2 Å². The van der Waals surface area contributed by atoms with Gasteiger partial charge in [0.15, 0.2) is 0 Å². The van der Waals surface area contributed by atoms with Gasteiger partial charge in [0.25, 0.3) is 0 Å². The second kappa shape index (κ2) is 6.92. The van der Waals surface area contributed by atoms with Crippen LogP contribution in [0.15, 0.2) is 24.3 Å². The topological polar surface area (TPSA) is 24.5 Å². The van der Waals surface area contributed by atoms with Gasteiger partial charge < -0.3 is 15.0 Å². The van der Waals surface area contributed by atoms with Crippen molar-refractivity contribution in [2.24, 2.45) is 5.92 Å². The zero-order valence-corrected chi connectivity index (χ0v) is 12.4. The van der Waals surface area contributed by atoms with Crippen LogP contribution in [-0.4, -0.2) is 39.4 Å². The van der Waals surface area contributed by atoms with Crippen LogP contribution in [0.3, 0.4) is 0 Å². The van der Waals surface area contributed by atoms with E-state index >= 15 is 0 Å². The predicted octanol–water partition coefficient (Wildman–Crippen LogP) is 2.31. The van der Waals surface area contributed by atoms with E-state index in [-0.39, 0.29) is 0 Å². The highest BCUT2D eigenvalue weighted by Gasteiger charge is 2.24. The van der Waals surface area contributed by atoms with Crippen LogP contribution in [0.2, 0.25) is 0 Å². The Kier molecular flexibility index (Phi) is 5.23. The molecule has 0 aliphatic carbocycles. The minimum atomic E-state index is 0.515. The minimum Gasteiger partial charge on any atom is -0.383 e. The fourth-order valence-corrected chi connectivity index (χ4v) is 2.85. The zero-order valence-electron chi connectivity index (χ0n) is 12.4. The van der Waals surface area contributed by atoms with Gasteiger partial charge in [-0.1, -0.05) is 25.1 Å². The van der Waals surface area contributed by atoms with Crippen molar-refractivity contribution >= 4 is 5.69 Å². The van der Waals surface area contributed by atoms with E-state index in [1.165, 1.54) is 17.7 Å². The maximum atomic E-state index is 5.07. The van der Waals surface area contributed by atoms with Crippen molar-refractivity contribution in [3.05, 3.63) is 29.8 Å². The highest BCUT2D eigenvalue weighted by Crippen LogP contribution is 2.30. The number of ether oxygens (including phenoxy) is 1. The van der Waals surface area contributed by atoms with Crippen molar-refractivity contribution in [3.8, 4) is 0 Å². The summed E-state index contributed by atoms with van der Waals surface area (Å²) >= 11 is 0. The summed E-state index contributed by atoms with van der Waals surface area (Å²) in [5.41, 5.74) is 2.91. The maximum absolute atomic E-state index is 5.07. The van der Waals surface area contributed by atoms with Crippen LogP contribution in [0.25, 0.3) is 0 Å². The van der Waals surface area contributed by atoms with Crippen LogP contribution in [0.5, 0.6) is 0 Å². The number of hydrogen-bond acceptors (Lipinski definition) is 3. The molecule has 0 aromatic heterocycles. The molecule has 1 heterocycles. The molecule has 1 aliphatic rings. The highest BCUT2D eigenvalue weighted by molar-refractivity contribution is 5.56. The molecule has 2 rings (SSSR count). The Bertz CT molecular complexity index is 394. The average molecular weight is 262 g/mol. The Labute approximate surface area is 116 Å². The molecular weight excluding hydrogens is 236 g/mol. The van der Waals surface area contributed by atoms with Gasteiger partial charge in [-0.25, -0.2) is 0 Å². The number of nitrogens with zero attached hydrogens (tertiary/aromatic N) is 1. The van der Waals surface area contributed by atoms with E-state index in [0.717, 1.165) is 32.2 Å². The second-order valence-electron chi connectivity index (χ2n) is 5.64. The lowest BCUT2D eigenvalue weighted by Crippen LogP contribution is -2.45. The first-order chi connectivity index (χ1) is 9.22. The molecule has 3 heteroatoms. The van der Waals surface area contributed by atoms with E-state index in [4.69, 9.17) is 4.74 Å². The Balaban J connectivity index is 1.99. The van der Waals surface area contributed by atoms with Crippen LogP contribution >= 0.6 is 0 Å². The highest BCUT2D eigenvalue weighted by atomic mass is 16.5. The monoisotopic (exact) mass is 262 g/mol. The van der Waals surface area contributed by atoms with E-state index in [1.807, 2.05) is 0 Å². The number of rotatable bonds is 6. The standard InChI is InChI=1S/C16H26N2O/c1-13-10-15-6-4-5-7-16(15)18(12-13)14(2)11-17-8-9-19-3/h4-7,13-14,17H,8-12H2,1-3H3. The van der Waals surface area contributed by atoms with Gasteiger partial charge in [0.2, 0.25) is 0 Å². The molecule has 0 radical (unpaired) electrons. The summed E-state index contributed by atoms with van der Waals surface area (Å²) in [5, 5.41) is 3.46. The Morgan fingerprint density at radius 2 is 2.21 bits per heavy atom. The summed E-state index contributed by atoms with van der Waals surface area (Å²) < 4.78 is 5.07. The lowest BCUT2D eigenvalue weighted by molar-refractivity contribution is 0.199. The first kappa shape index (κ1) is 14.4. The van der Waals surface area contributed by atoms with Crippen molar-refractivity contribution in [1.29, 1.82) is 0 Å². The largest absolute Gasteiger partial charge is 0.383 e. The third-order valence-corrected chi connectivity index (χ3v) is 3.83. The summed E-state index contributed by atoms with van der Waals surface area (Å²) in [6.07, 6.45) is 1.20. The van der Waals surface area contributed by atoms with Crippen LogP contribution < -0.4 is 10.2 Å². The van der Waals surface area contributed by atoms with Gasteiger partial charge in [-0.15, -0.1) is 0 Å². The molecule has 106 valence electrons. The van der Waals surface area contributed by atoms with Gasteiger partial charge in [-0.3, -0.25) is 0 Å². The molecule has 2 unspecified atom stereocenters. The van der Waals surface area contributed by atoms with E-state index in [0.29, 0.717) is 6.04 Å².